The fourth-order valence-corrected chi connectivity index (χ4v) is 2.80. The molecule has 6 heteroatoms. The fourth-order valence-electron chi connectivity index (χ4n) is 2.80. The Hall–Kier alpha value is -1.66. The van der Waals surface area contributed by atoms with Crippen LogP contribution < -0.4 is 10.6 Å². The Balaban J connectivity index is 1.68. The van der Waals surface area contributed by atoms with Crippen molar-refractivity contribution in [2.75, 3.05) is 47.4 Å². The topological polar surface area (TPSA) is 48.9 Å². The molecule has 0 bridgehead atoms. The summed E-state index contributed by atoms with van der Waals surface area (Å²) in [5.41, 5.74) is 0.795. The van der Waals surface area contributed by atoms with Gasteiger partial charge in [-0.1, -0.05) is 18.2 Å². The van der Waals surface area contributed by atoms with Gasteiger partial charge in [0.2, 0.25) is 0 Å². The van der Waals surface area contributed by atoms with Crippen LogP contribution in [0, 0.1) is 5.82 Å². The highest BCUT2D eigenvalue weighted by Crippen LogP contribution is 2.41. The lowest BCUT2D eigenvalue weighted by Gasteiger charge is -2.18. The molecule has 0 amide bonds. The molecule has 5 nitrogen and oxygen atoms in total. The van der Waals surface area contributed by atoms with Crippen molar-refractivity contribution in [1.29, 1.82) is 0 Å². The molecule has 2 atom stereocenters. The summed E-state index contributed by atoms with van der Waals surface area (Å²) in [5.74, 6) is 0.901. The van der Waals surface area contributed by atoms with Crippen LogP contribution in [0.5, 0.6) is 0 Å². The summed E-state index contributed by atoms with van der Waals surface area (Å²) in [6.07, 6.45) is 1.98. The van der Waals surface area contributed by atoms with E-state index in [1.807, 2.05) is 12.1 Å². The van der Waals surface area contributed by atoms with E-state index in [0.717, 1.165) is 50.6 Å². The Bertz CT molecular complexity index is 538. The van der Waals surface area contributed by atoms with Gasteiger partial charge >= 0.3 is 0 Å². The third kappa shape index (κ3) is 5.76. The SMILES string of the molecule is CN=C(NCCN(C)CCCOC)NC1CC1c1ccccc1F. The van der Waals surface area contributed by atoms with Crippen LogP contribution >= 0.6 is 0 Å². The molecule has 0 spiro atoms. The maximum atomic E-state index is 13.8. The van der Waals surface area contributed by atoms with Crippen molar-refractivity contribution in [3.05, 3.63) is 35.6 Å². The maximum Gasteiger partial charge on any atom is 0.191 e. The van der Waals surface area contributed by atoms with Gasteiger partial charge in [0, 0.05) is 52.4 Å². The zero-order chi connectivity index (χ0) is 17.4. The van der Waals surface area contributed by atoms with E-state index in [0.29, 0.717) is 0 Å². The van der Waals surface area contributed by atoms with Crippen molar-refractivity contribution in [3.8, 4) is 0 Å². The zero-order valence-corrected chi connectivity index (χ0v) is 14.9. The first-order chi connectivity index (χ1) is 11.7. The van der Waals surface area contributed by atoms with Crippen molar-refractivity contribution >= 4 is 5.96 Å². The molecule has 0 aromatic heterocycles. The lowest BCUT2D eigenvalue weighted by atomic mass is 10.1. The Morgan fingerprint density at radius 2 is 2.17 bits per heavy atom. The second-order valence-corrected chi connectivity index (χ2v) is 6.26. The van der Waals surface area contributed by atoms with Crippen molar-refractivity contribution < 1.29 is 9.13 Å². The number of benzene rings is 1. The second kappa shape index (κ2) is 9.59. The number of halogens is 1. The van der Waals surface area contributed by atoms with Crippen molar-refractivity contribution in [3.63, 3.8) is 0 Å². The number of nitrogens with one attached hydrogen (secondary N) is 2. The minimum Gasteiger partial charge on any atom is -0.385 e. The quantitative estimate of drug-likeness (QED) is 0.410. The van der Waals surface area contributed by atoms with Gasteiger partial charge in [-0.3, -0.25) is 4.99 Å². The van der Waals surface area contributed by atoms with E-state index in [1.165, 1.54) is 6.07 Å². The number of aliphatic imine (C=N–C) groups is 1. The summed E-state index contributed by atoms with van der Waals surface area (Å²) in [7, 11) is 5.59. The van der Waals surface area contributed by atoms with E-state index in [1.54, 1.807) is 20.2 Å². The van der Waals surface area contributed by atoms with E-state index in [9.17, 15) is 4.39 Å². The normalized spacial score (nSPS) is 20.3. The number of likely N-dealkylation sites (N-methyl/N-ethyl adjacent to an activating group) is 1. The Morgan fingerprint density at radius 3 is 2.88 bits per heavy atom. The molecule has 0 heterocycles. The van der Waals surface area contributed by atoms with Gasteiger partial charge < -0.3 is 20.3 Å². The van der Waals surface area contributed by atoms with E-state index >= 15 is 0 Å². The van der Waals surface area contributed by atoms with Crippen LogP contribution in [-0.4, -0.2) is 64.3 Å². The number of methoxy groups -OCH3 is 1. The number of hydrogen-bond donors (Lipinski definition) is 2. The van der Waals surface area contributed by atoms with Crippen LogP contribution in [-0.2, 0) is 4.74 Å². The molecule has 2 rings (SSSR count). The number of guanidine groups is 1. The molecule has 1 aliphatic carbocycles. The van der Waals surface area contributed by atoms with Gasteiger partial charge in [0.05, 0.1) is 0 Å². The minimum atomic E-state index is -0.118. The number of rotatable bonds is 9. The van der Waals surface area contributed by atoms with Crippen LogP contribution in [0.25, 0.3) is 0 Å². The predicted molar refractivity (Wildman–Crippen MR) is 96.0 cm³/mol. The van der Waals surface area contributed by atoms with Crippen molar-refractivity contribution in [2.45, 2.75) is 24.8 Å². The van der Waals surface area contributed by atoms with Crippen LogP contribution in [0.1, 0.15) is 24.3 Å². The first-order valence-electron chi connectivity index (χ1n) is 8.54. The molecule has 24 heavy (non-hydrogen) atoms. The van der Waals surface area contributed by atoms with Crippen LogP contribution in [0.4, 0.5) is 4.39 Å². The fraction of sp³-hybridized carbons (Fsp3) is 0.611. The summed E-state index contributed by atoms with van der Waals surface area (Å²) >= 11 is 0. The van der Waals surface area contributed by atoms with E-state index < -0.39 is 0 Å². The zero-order valence-electron chi connectivity index (χ0n) is 14.9. The molecular weight excluding hydrogens is 307 g/mol. The molecule has 0 radical (unpaired) electrons. The lowest BCUT2D eigenvalue weighted by molar-refractivity contribution is 0.180. The summed E-state index contributed by atoms with van der Waals surface area (Å²) in [5, 5.41) is 6.70. The third-order valence-corrected chi connectivity index (χ3v) is 4.32. The number of hydrogen-bond acceptors (Lipinski definition) is 3. The van der Waals surface area contributed by atoms with Gasteiger partial charge in [-0.2, -0.15) is 0 Å². The van der Waals surface area contributed by atoms with Gasteiger partial charge in [-0.25, -0.2) is 4.39 Å². The van der Waals surface area contributed by atoms with E-state index in [4.69, 9.17) is 4.74 Å². The Kier molecular flexibility index (Phi) is 7.46. The summed E-state index contributed by atoms with van der Waals surface area (Å²) in [6, 6.07) is 7.27. The molecule has 1 aliphatic rings. The highest BCUT2D eigenvalue weighted by molar-refractivity contribution is 5.80. The maximum absolute atomic E-state index is 13.8. The summed E-state index contributed by atoms with van der Waals surface area (Å²) < 4.78 is 18.9. The monoisotopic (exact) mass is 336 g/mol. The molecule has 1 aromatic carbocycles. The first kappa shape index (κ1) is 18.7. The Labute approximate surface area is 144 Å². The van der Waals surface area contributed by atoms with Crippen molar-refractivity contribution in [2.24, 2.45) is 4.99 Å². The predicted octanol–water partition coefficient (Wildman–Crippen LogP) is 1.81. The molecule has 134 valence electrons. The van der Waals surface area contributed by atoms with Gasteiger partial charge in [0.1, 0.15) is 5.82 Å². The van der Waals surface area contributed by atoms with E-state index in [-0.39, 0.29) is 17.8 Å². The number of nitrogens with zero attached hydrogens (tertiary/aromatic N) is 2. The van der Waals surface area contributed by atoms with Gasteiger partial charge in [-0.15, -0.1) is 0 Å². The molecule has 1 saturated carbocycles. The molecular formula is C18H29FN4O. The third-order valence-electron chi connectivity index (χ3n) is 4.32. The lowest BCUT2D eigenvalue weighted by Crippen LogP contribution is -2.42. The molecule has 2 N–H and O–H groups in total. The summed E-state index contributed by atoms with van der Waals surface area (Å²) in [4.78, 5) is 6.52. The van der Waals surface area contributed by atoms with Crippen LogP contribution in [0.3, 0.4) is 0 Å². The van der Waals surface area contributed by atoms with Gasteiger partial charge in [-0.05, 0) is 31.5 Å². The summed E-state index contributed by atoms with van der Waals surface area (Å²) in [6.45, 7) is 3.56. The minimum absolute atomic E-state index is 0.118. The molecule has 1 fully saturated rings. The van der Waals surface area contributed by atoms with Gasteiger partial charge in [0.25, 0.3) is 0 Å². The first-order valence-corrected chi connectivity index (χ1v) is 8.54. The van der Waals surface area contributed by atoms with Crippen molar-refractivity contribution in [1.82, 2.24) is 15.5 Å². The average Bonchev–Trinajstić information content (AvgIpc) is 3.33. The molecule has 1 aromatic rings. The van der Waals surface area contributed by atoms with Crippen LogP contribution in [0.15, 0.2) is 29.3 Å². The second-order valence-electron chi connectivity index (χ2n) is 6.26. The highest BCUT2D eigenvalue weighted by Gasteiger charge is 2.40. The number of ether oxygens (including phenoxy) is 1. The average molecular weight is 336 g/mol. The molecule has 0 saturated heterocycles. The van der Waals surface area contributed by atoms with E-state index in [2.05, 4.69) is 27.6 Å². The van der Waals surface area contributed by atoms with Crippen LogP contribution in [0.2, 0.25) is 0 Å². The smallest absolute Gasteiger partial charge is 0.191 e. The largest absolute Gasteiger partial charge is 0.385 e. The standard InChI is InChI=1S/C18H29FN4O/c1-20-18(21-9-11-23(2)10-6-12-24-3)22-17-13-15(17)14-7-4-5-8-16(14)19/h4-5,7-8,15,17H,6,9-13H2,1-3H3,(H2,20,21,22). The molecule has 2 unspecified atom stereocenters. The molecule has 0 aliphatic heterocycles. The van der Waals surface area contributed by atoms with Gasteiger partial charge in [0.15, 0.2) is 5.96 Å². The Morgan fingerprint density at radius 1 is 1.38 bits per heavy atom. The highest BCUT2D eigenvalue weighted by atomic mass is 19.1.